The first kappa shape index (κ1) is 9.92. The molecule has 0 bridgehead atoms. The van der Waals surface area contributed by atoms with Gasteiger partial charge in [-0.05, 0) is 18.6 Å². The molecule has 1 aliphatic rings. The summed E-state index contributed by atoms with van der Waals surface area (Å²) >= 11 is 0. The Morgan fingerprint density at radius 3 is 3.20 bits per heavy atom. The lowest BCUT2D eigenvalue weighted by Gasteiger charge is -2.10. The lowest BCUT2D eigenvalue weighted by Crippen LogP contribution is -2.35. The summed E-state index contributed by atoms with van der Waals surface area (Å²) in [4.78, 5) is 15.5. The van der Waals surface area contributed by atoms with Crippen molar-refractivity contribution in [1.82, 2.24) is 10.3 Å². The zero-order chi connectivity index (χ0) is 10.7. The number of anilines is 1. The molecule has 5 heteroatoms. The Kier molecular flexibility index (Phi) is 2.82. The fraction of sp³-hybridized carbons (Fsp3) is 0.400. The van der Waals surface area contributed by atoms with E-state index in [1.165, 1.54) is 6.20 Å². The third-order valence-corrected chi connectivity index (χ3v) is 2.31. The maximum absolute atomic E-state index is 11.7. The van der Waals surface area contributed by atoms with E-state index >= 15 is 0 Å². The van der Waals surface area contributed by atoms with Crippen molar-refractivity contribution in [3.63, 3.8) is 0 Å². The van der Waals surface area contributed by atoms with Crippen molar-refractivity contribution in [3.05, 3.63) is 23.9 Å². The molecule has 1 aromatic heterocycles. The highest BCUT2D eigenvalue weighted by atomic mass is 16.5. The number of carbonyl (C=O) groups is 1. The van der Waals surface area contributed by atoms with Gasteiger partial charge in [0.25, 0.3) is 5.91 Å². The number of aromatic nitrogens is 1. The van der Waals surface area contributed by atoms with Crippen LogP contribution in [0.5, 0.6) is 0 Å². The summed E-state index contributed by atoms with van der Waals surface area (Å²) < 4.78 is 5.17. The quantitative estimate of drug-likeness (QED) is 0.725. The molecule has 1 amide bonds. The maximum Gasteiger partial charge on any atom is 0.251 e. The van der Waals surface area contributed by atoms with Gasteiger partial charge in [-0.3, -0.25) is 4.79 Å². The van der Waals surface area contributed by atoms with Gasteiger partial charge in [-0.2, -0.15) is 0 Å². The number of carbonyl (C=O) groups excluding carboxylic acids is 1. The molecule has 80 valence electrons. The molecule has 2 heterocycles. The van der Waals surface area contributed by atoms with E-state index in [0.29, 0.717) is 24.6 Å². The van der Waals surface area contributed by atoms with E-state index in [1.807, 2.05) is 0 Å². The van der Waals surface area contributed by atoms with Gasteiger partial charge < -0.3 is 15.8 Å². The Hall–Kier alpha value is -1.62. The predicted octanol–water partition coefficient (Wildman–Crippen LogP) is 0.182. The fourth-order valence-electron chi connectivity index (χ4n) is 1.51. The van der Waals surface area contributed by atoms with Crippen LogP contribution >= 0.6 is 0 Å². The smallest absolute Gasteiger partial charge is 0.251 e. The average molecular weight is 207 g/mol. The average Bonchev–Trinajstić information content (AvgIpc) is 2.70. The highest BCUT2D eigenvalue weighted by Crippen LogP contribution is 2.07. The number of amides is 1. The number of nitrogens with two attached hydrogens (primary N) is 1. The summed E-state index contributed by atoms with van der Waals surface area (Å²) in [5.41, 5.74) is 6.03. The number of rotatable bonds is 2. The lowest BCUT2D eigenvalue weighted by atomic mass is 10.2. The Morgan fingerprint density at radius 2 is 2.53 bits per heavy atom. The van der Waals surface area contributed by atoms with Gasteiger partial charge >= 0.3 is 0 Å². The van der Waals surface area contributed by atoms with E-state index in [9.17, 15) is 4.79 Å². The van der Waals surface area contributed by atoms with Crippen LogP contribution in [0.1, 0.15) is 16.8 Å². The highest BCUT2D eigenvalue weighted by Gasteiger charge is 2.18. The predicted molar refractivity (Wildman–Crippen MR) is 55.3 cm³/mol. The Labute approximate surface area is 87.6 Å². The van der Waals surface area contributed by atoms with Crippen LogP contribution in [0.4, 0.5) is 5.82 Å². The summed E-state index contributed by atoms with van der Waals surface area (Å²) in [6, 6.07) is 3.32. The van der Waals surface area contributed by atoms with E-state index in [0.717, 1.165) is 6.42 Å². The van der Waals surface area contributed by atoms with Crippen LogP contribution in [-0.2, 0) is 4.74 Å². The maximum atomic E-state index is 11.7. The highest BCUT2D eigenvalue weighted by molar-refractivity contribution is 5.94. The van der Waals surface area contributed by atoms with Crippen LogP contribution in [-0.4, -0.2) is 30.1 Å². The number of ether oxygens (including phenoxy) is 1. The van der Waals surface area contributed by atoms with E-state index in [-0.39, 0.29) is 11.9 Å². The largest absolute Gasteiger partial charge is 0.384 e. The number of nitrogen functional groups attached to an aromatic ring is 1. The standard InChI is InChI=1S/C10H13N3O2/c11-9-5-7(1-3-12-9)10(14)13-8-2-4-15-6-8/h1,3,5,8H,2,4,6H2,(H2,11,12)(H,13,14)/t8-/m0/s1. The minimum Gasteiger partial charge on any atom is -0.384 e. The third-order valence-electron chi connectivity index (χ3n) is 2.31. The number of nitrogens with one attached hydrogen (secondary N) is 1. The van der Waals surface area contributed by atoms with Gasteiger partial charge in [0, 0.05) is 18.4 Å². The lowest BCUT2D eigenvalue weighted by molar-refractivity contribution is 0.0930. The van der Waals surface area contributed by atoms with E-state index in [2.05, 4.69) is 10.3 Å². The van der Waals surface area contributed by atoms with Gasteiger partial charge in [0.05, 0.1) is 12.6 Å². The molecule has 1 fully saturated rings. The molecule has 5 nitrogen and oxygen atoms in total. The van der Waals surface area contributed by atoms with Crippen molar-refractivity contribution in [2.24, 2.45) is 0 Å². The summed E-state index contributed by atoms with van der Waals surface area (Å²) in [6.07, 6.45) is 2.39. The van der Waals surface area contributed by atoms with E-state index < -0.39 is 0 Å². The normalized spacial score (nSPS) is 20.1. The first-order chi connectivity index (χ1) is 7.25. The number of hydrogen-bond acceptors (Lipinski definition) is 4. The second-order valence-corrected chi connectivity index (χ2v) is 3.50. The summed E-state index contributed by atoms with van der Waals surface area (Å²) in [7, 11) is 0. The molecule has 1 atom stereocenters. The summed E-state index contributed by atoms with van der Waals surface area (Å²) in [6.45, 7) is 1.30. The van der Waals surface area contributed by atoms with Crippen molar-refractivity contribution in [1.29, 1.82) is 0 Å². The monoisotopic (exact) mass is 207 g/mol. The number of hydrogen-bond donors (Lipinski definition) is 2. The minimum atomic E-state index is -0.125. The van der Waals surface area contributed by atoms with Gasteiger partial charge in [0.1, 0.15) is 5.82 Å². The molecule has 3 N–H and O–H groups in total. The van der Waals surface area contributed by atoms with Gasteiger partial charge in [0.2, 0.25) is 0 Å². The fourth-order valence-corrected chi connectivity index (χ4v) is 1.51. The first-order valence-electron chi connectivity index (χ1n) is 4.86. The van der Waals surface area contributed by atoms with E-state index in [4.69, 9.17) is 10.5 Å². The third kappa shape index (κ3) is 2.44. The summed E-state index contributed by atoms with van der Waals surface area (Å²) in [5, 5.41) is 2.88. The second kappa shape index (κ2) is 4.27. The second-order valence-electron chi connectivity index (χ2n) is 3.50. The minimum absolute atomic E-state index is 0.117. The molecule has 1 aromatic rings. The topological polar surface area (TPSA) is 77.2 Å². The molecular weight excluding hydrogens is 194 g/mol. The van der Waals surface area contributed by atoms with Crippen molar-refractivity contribution in [2.45, 2.75) is 12.5 Å². The van der Waals surface area contributed by atoms with Crippen molar-refractivity contribution >= 4 is 11.7 Å². The first-order valence-corrected chi connectivity index (χ1v) is 4.86. The molecule has 0 radical (unpaired) electrons. The van der Waals surface area contributed by atoms with E-state index in [1.54, 1.807) is 12.1 Å². The SMILES string of the molecule is Nc1cc(C(=O)N[C@H]2CCOC2)ccn1. The van der Waals surface area contributed by atoms with Crippen LogP contribution in [0.15, 0.2) is 18.3 Å². The van der Waals surface area contributed by atoms with Crippen LogP contribution in [0.3, 0.4) is 0 Å². The van der Waals surface area contributed by atoms with Crippen molar-refractivity contribution in [2.75, 3.05) is 18.9 Å². The van der Waals surface area contributed by atoms with Crippen molar-refractivity contribution in [3.8, 4) is 0 Å². The molecule has 0 spiro atoms. The van der Waals surface area contributed by atoms with Crippen molar-refractivity contribution < 1.29 is 9.53 Å². The van der Waals surface area contributed by atoms with Crippen LogP contribution in [0.25, 0.3) is 0 Å². The summed E-state index contributed by atoms with van der Waals surface area (Å²) in [5.74, 6) is 0.227. The molecule has 0 aromatic carbocycles. The van der Waals surface area contributed by atoms with Crippen LogP contribution < -0.4 is 11.1 Å². The Morgan fingerprint density at radius 1 is 1.67 bits per heavy atom. The molecule has 0 aliphatic carbocycles. The zero-order valence-electron chi connectivity index (χ0n) is 8.27. The van der Waals surface area contributed by atoms with Gasteiger partial charge in [-0.15, -0.1) is 0 Å². The molecule has 15 heavy (non-hydrogen) atoms. The molecule has 2 rings (SSSR count). The van der Waals surface area contributed by atoms with Crippen LogP contribution in [0, 0.1) is 0 Å². The van der Waals surface area contributed by atoms with Gasteiger partial charge in [-0.25, -0.2) is 4.98 Å². The molecule has 1 saturated heterocycles. The Bertz CT molecular complexity index is 361. The zero-order valence-corrected chi connectivity index (χ0v) is 8.27. The molecule has 0 unspecified atom stereocenters. The Balaban J connectivity index is 2.01. The number of nitrogens with zero attached hydrogens (tertiary/aromatic N) is 1. The van der Waals surface area contributed by atoms with Crippen LogP contribution in [0.2, 0.25) is 0 Å². The van der Waals surface area contributed by atoms with Gasteiger partial charge in [0.15, 0.2) is 0 Å². The number of pyridine rings is 1. The van der Waals surface area contributed by atoms with Gasteiger partial charge in [-0.1, -0.05) is 0 Å². The molecule has 1 aliphatic heterocycles. The molecule has 0 saturated carbocycles. The molecular formula is C10H13N3O2.